The van der Waals surface area contributed by atoms with E-state index in [9.17, 15) is 0 Å². The van der Waals surface area contributed by atoms with E-state index in [0.717, 1.165) is 18.8 Å². The first kappa shape index (κ1) is 11.8. The van der Waals surface area contributed by atoms with Gasteiger partial charge < -0.3 is 5.73 Å². The van der Waals surface area contributed by atoms with Crippen LogP contribution in [0.4, 0.5) is 5.69 Å². The minimum atomic E-state index is 0.872. The third kappa shape index (κ3) is 3.40. The van der Waals surface area contributed by atoms with Crippen molar-refractivity contribution < 1.29 is 0 Å². The van der Waals surface area contributed by atoms with Crippen molar-refractivity contribution in [2.24, 2.45) is 0 Å². The molecule has 0 aliphatic heterocycles. The molecule has 1 rings (SSSR count). The molecular formula is C13H20N2. The Morgan fingerprint density at radius 2 is 2.13 bits per heavy atom. The molecule has 15 heavy (non-hydrogen) atoms. The van der Waals surface area contributed by atoms with E-state index in [2.05, 4.69) is 31.5 Å². The molecule has 0 spiro atoms. The van der Waals surface area contributed by atoms with E-state index < -0.39 is 0 Å². The first-order valence-electron chi connectivity index (χ1n) is 5.17. The third-order valence-corrected chi connectivity index (χ3v) is 2.47. The number of anilines is 1. The molecule has 2 nitrogen and oxygen atoms in total. The number of likely N-dealkylation sites (N-methyl/N-ethyl adjacent to an activating group) is 1. The van der Waals surface area contributed by atoms with Crippen LogP contribution in [-0.4, -0.2) is 18.5 Å². The van der Waals surface area contributed by atoms with Crippen LogP contribution < -0.4 is 5.73 Å². The van der Waals surface area contributed by atoms with E-state index in [-0.39, 0.29) is 0 Å². The van der Waals surface area contributed by atoms with Crippen LogP contribution in [0.15, 0.2) is 30.4 Å². The Hall–Kier alpha value is -1.28. The average Bonchev–Trinajstić information content (AvgIpc) is 2.11. The number of nitrogens with zero attached hydrogens (tertiary/aromatic N) is 1. The van der Waals surface area contributed by atoms with Crippen molar-refractivity contribution in [1.82, 2.24) is 4.90 Å². The van der Waals surface area contributed by atoms with Crippen molar-refractivity contribution in [1.29, 1.82) is 0 Å². The zero-order valence-electron chi connectivity index (χ0n) is 9.88. The van der Waals surface area contributed by atoms with Crippen LogP contribution in [0.25, 0.3) is 0 Å². The molecular weight excluding hydrogens is 184 g/mol. The highest BCUT2D eigenvalue weighted by Gasteiger charge is 2.04. The van der Waals surface area contributed by atoms with Crippen LogP contribution in [0.3, 0.4) is 0 Å². The number of nitrogens with two attached hydrogens (primary N) is 1. The lowest BCUT2D eigenvalue weighted by Gasteiger charge is -2.18. The van der Waals surface area contributed by atoms with Gasteiger partial charge in [-0.25, -0.2) is 0 Å². The highest BCUT2D eigenvalue weighted by atomic mass is 15.1. The lowest BCUT2D eigenvalue weighted by molar-refractivity contribution is 0.355. The zero-order valence-corrected chi connectivity index (χ0v) is 9.88. The van der Waals surface area contributed by atoms with Gasteiger partial charge in [-0.1, -0.05) is 24.3 Å². The van der Waals surface area contributed by atoms with E-state index in [1.54, 1.807) is 0 Å². The summed E-state index contributed by atoms with van der Waals surface area (Å²) in [7, 11) is 2.09. The fourth-order valence-corrected chi connectivity index (χ4v) is 1.68. The van der Waals surface area contributed by atoms with Crippen molar-refractivity contribution in [2.75, 3.05) is 19.3 Å². The Kier molecular flexibility index (Phi) is 3.92. The van der Waals surface area contributed by atoms with Crippen LogP contribution in [-0.2, 0) is 6.54 Å². The van der Waals surface area contributed by atoms with Gasteiger partial charge in [-0.05, 0) is 38.1 Å². The molecule has 0 aliphatic rings. The number of benzene rings is 1. The molecule has 0 aromatic heterocycles. The summed E-state index contributed by atoms with van der Waals surface area (Å²) in [5, 5.41) is 0. The second-order valence-electron chi connectivity index (χ2n) is 4.26. The van der Waals surface area contributed by atoms with Gasteiger partial charge in [0.15, 0.2) is 0 Å². The van der Waals surface area contributed by atoms with Gasteiger partial charge in [0, 0.05) is 18.8 Å². The first-order valence-corrected chi connectivity index (χ1v) is 5.17. The molecule has 0 heterocycles. The van der Waals surface area contributed by atoms with Gasteiger partial charge in [-0.2, -0.15) is 0 Å². The van der Waals surface area contributed by atoms with Gasteiger partial charge in [-0.15, -0.1) is 0 Å². The fraction of sp³-hybridized carbons (Fsp3) is 0.385. The molecule has 1 aromatic rings. The van der Waals surface area contributed by atoms with Crippen molar-refractivity contribution in [2.45, 2.75) is 20.4 Å². The molecule has 0 saturated heterocycles. The van der Waals surface area contributed by atoms with Gasteiger partial charge in [0.2, 0.25) is 0 Å². The van der Waals surface area contributed by atoms with Crippen LogP contribution in [0.5, 0.6) is 0 Å². The van der Waals surface area contributed by atoms with Crippen LogP contribution in [0.1, 0.15) is 18.1 Å². The Bertz CT molecular complexity index is 356. The van der Waals surface area contributed by atoms with Gasteiger partial charge >= 0.3 is 0 Å². The molecule has 2 heteroatoms. The summed E-state index contributed by atoms with van der Waals surface area (Å²) in [4.78, 5) is 2.24. The van der Waals surface area contributed by atoms with Crippen LogP contribution >= 0.6 is 0 Å². The zero-order chi connectivity index (χ0) is 11.4. The van der Waals surface area contributed by atoms with Gasteiger partial charge in [0.1, 0.15) is 0 Å². The molecule has 0 aliphatic carbocycles. The standard InChI is InChI=1S/C13H20N2/c1-10(2)8-15(4)9-12-6-5-7-13(14)11(12)3/h5-7H,1,8-9,14H2,2-4H3. The lowest BCUT2D eigenvalue weighted by atomic mass is 10.1. The summed E-state index contributed by atoms with van der Waals surface area (Å²) in [6.45, 7) is 9.87. The van der Waals surface area contributed by atoms with Gasteiger partial charge in [0.05, 0.1) is 0 Å². The highest BCUT2D eigenvalue weighted by Crippen LogP contribution is 2.16. The SMILES string of the molecule is C=C(C)CN(C)Cc1cccc(N)c1C. The van der Waals surface area contributed by atoms with E-state index in [4.69, 9.17) is 5.73 Å². The van der Waals surface area contributed by atoms with E-state index >= 15 is 0 Å². The summed E-state index contributed by atoms with van der Waals surface area (Å²) in [5.41, 5.74) is 10.4. The maximum absolute atomic E-state index is 5.86. The number of hydrogen-bond donors (Lipinski definition) is 1. The maximum Gasteiger partial charge on any atom is 0.0346 e. The van der Waals surface area contributed by atoms with E-state index in [0.29, 0.717) is 0 Å². The van der Waals surface area contributed by atoms with Gasteiger partial charge in [0.25, 0.3) is 0 Å². The minimum absolute atomic E-state index is 0.872. The quantitative estimate of drug-likeness (QED) is 0.603. The molecule has 0 radical (unpaired) electrons. The predicted octanol–water partition coefficient (Wildman–Crippen LogP) is 2.59. The largest absolute Gasteiger partial charge is 0.399 e. The average molecular weight is 204 g/mol. The van der Waals surface area contributed by atoms with E-state index in [1.807, 2.05) is 19.1 Å². The summed E-state index contributed by atoms with van der Waals surface area (Å²) in [6.07, 6.45) is 0. The Labute approximate surface area is 92.4 Å². The lowest BCUT2D eigenvalue weighted by Crippen LogP contribution is -2.20. The predicted molar refractivity (Wildman–Crippen MR) is 66.7 cm³/mol. The molecule has 0 amide bonds. The molecule has 0 unspecified atom stereocenters. The normalized spacial score (nSPS) is 10.7. The molecule has 0 atom stereocenters. The summed E-state index contributed by atoms with van der Waals surface area (Å²) in [5.74, 6) is 0. The van der Waals surface area contributed by atoms with E-state index in [1.165, 1.54) is 16.7 Å². The minimum Gasteiger partial charge on any atom is -0.399 e. The third-order valence-electron chi connectivity index (χ3n) is 2.47. The monoisotopic (exact) mass is 204 g/mol. The Morgan fingerprint density at radius 1 is 1.47 bits per heavy atom. The first-order chi connectivity index (χ1) is 7.00. The van der Waals surface area contributed by atoms with Crippen molar-refractivity contribution in [3.05, 3.63) is 41.5 Å². The molecule has 0 fully saturated rings. The number of nitrogen functional groups attached to an aromatic ring is 1. The van der Waals surface area contributed by atoms with Gasteiger partial charge in [-0.3, -0.25) is 4.90 Å². The summed E-state index contributed by atoms with van der Waals surface area (Å²) < 4.78 is 0. The summed E-state index contributed by atoms with van der Waals surface area (Å²) >= 11 is 0. The Balaban J connectivity index is 2.72. The second kappa shape index (κ2) is 4.99. The molecule has 1 aromatic carbocycles. The number of hydrogen-bond acceptors (Lipinski definition) is 2. The topological polar surface area (TPSA) is 29.3 Å². The Morgan fingerprint density at radius 3 is 2.73 bits per heavy atom. The van der Waals surface area contributed by atoms with Crippen molar-refractivity contribution >= 4 is 5.69 Å². The molecule has 0 bridgehead atoms. The van der Waals surface area contributed by atoms with Crippen molar-refractivity contribution in [3.8, 4) is 0 Å². The summed E-state index contributed by atoms with van der Waals surface area (Å²) in [6, 6.07) is 6.07. The smallest absolute Gasteiger partial charge is 0.0346 e. The van der Waals surface area contributed by atoms with Crippen LogP contribution in [0, 0.1) is 6.92 Å². The fourth-order valence-electron chi connectivity index (χ4n) is 1.68. The van der Waals surface area contributed by atoms with Crippen LogP contribution in [0.2, 0.25) is 0 Å². The maximum atomic E-state index is 5.86. The molecule has 0 saturated carbocycles. The number of rotatable bonds is 4. The van der Waals surface area contributed by atoms with Crippen molar-refractivity contribution in [3.63, 3.8) is 0 Å². The highest BCUT2D eigenvalue weighted by molar-refractivity contribution is 5.49. The molecule has 2 N–H and O–H groups in total. The molecule has 82 valence electrons. The second-order valence-corrected chi connectivity index (χ2v) is 4.26.